The van der Waals surface area contributed by atoms with E-state index in [-0.39, 0.29) is 12.1 Å². The van der Waals surface area contributed by atoms with E-state index in [0.717, 1.165) is 50.6 Å². The number of ether oxygens (including phenoxy) is 2. The van der Waals surface area contributed by atoms with E-state index in [1.165, 1.54) is 17.3 Å². The Morgan fingerprint density at radius 1 is 0.972 bits per heavy atom. The van der Waals surface area contributed by atoms with Gasteiger partial charge in [-0.25, -0.2) is 4.68 Å². The van der Waals surface area contributed by atoms with Gasteiger partial charge < -0.3 is 14.8 Å². The average Bonchev–Trinajstić information content (AvgIpc) is 3.34. The summed E-state index contributed by atoms with van der Waals surface area (Å²) in [7, 11) is 1.68. The molecule has 0 fully saturated rings. The lowest BCUT2D eigenvalue weighted by atomic mass is 9.84. The van der Waals surface area contributed by atoms with Gasteiger partial charge in [-0.15, -0.1) is 5.10 Å². The predicted octanol–water partition coefficient (Wildman–Crippen LogP) is 6.69. The molecule has 1 N–H and O–H groups in total. The van der Waals surface area contributed by atoms with Crippen LogP contribution in [0, 0.1) is 0 Å². The molecule has 3 aromatic carbocycles. The third-order valence-electron chi connectivity index (χ3n) is 6.88. The predicted molar refractivity (Wildman–Crippen MR) is 144 cm³/mol. The first-order chi connectivity index (χ1) is 17.6. The number of hydrogen-bond acceptors (Lipinski definition) is 6. The first kappa shape index (κ1) is 22.7. The Morgan fingerprint density at radius 2 is 1.69 bits per heavy atom. The molecule has 0 spiro atoms. The Kier molecular flexibility index (Phi) is 5.72. The van der Waals surface area contributed by atoms with Crippen molar-refractivity contribution in [2.75, 3.05) is 18.7 Å². The highest BCUT2D eigenvalue weighted by Crippen LogP contribution is 2.51. The van der Waals surface area contributed by atoms with Gasteiger partial charge in [-0.3, -0.25) is 0 Å². The van der Waals surface area contributed by atoms with Crippen LogP contribution in [0.5, 0.6) is 11.5 Å². The molecule has 0 amide bonds. The maximum absolute atomic E-state index is 6.74. The fourth-order valence-electron chi connectivity index (χ4n) is 4.98. The first-order valence-electron chi connectivity index (χ1n) is 12.1. The summed E-state index contributed by atoms with van der Waals surface area (Å²) in [6.45, 7) is 4.42. The molecule has 7 heteroatoms. The molecule has 0 radical (unpaired) electrons. The minimum absolute atomic E-state index is 0.196. The van der Waals surface area contributed by atoms with Crippen LogP contribution < -0.4 is 14.8 Å². The molecule has 6 nitrogen and oxygen atoms in total. The molecular weight excluding hydrogens is 468 g/mol. The number of anilines is 1. The van der Waals surface area contributed by atoms with Crippen LogP contribution in [-0.2, 0) is 0 Å². The standard InChI is InChI=1S/C29H28N4O2S/c1-17(2)18-9-11-20(12-10-18)27-24-25(22-7-5-6-8-23(22)35-27)30-28-31-29(36-4)32-33(28)26(24)19-13-15-21(34-3)16-14-19/h5-17,26-27H,1-4H3,(H,30,31,32)/t26-,27-/m0/s1. The summed E-state index contributed by atoms with van der Waals surface area (Å²) in [4.78, 5) is 4.78. The summed E-state index contributed by atoms with van der Waals surface area (Å²) in [5.74, 6) is 2.86. The normalized spacial score (nSPS) is 18.1. The second-order valence-electron chi connectivity index (χ2n) is 9.31. The van der Waals surface area contributed by atoms with Crippen molar-refractivity contribution in [3.05, 3.63) is 101 Å². The van der Waals surface area contributed by atoms with Gasteiger partial charge in [0.15, 0.2) is 0 Å². The fraction of sp³-hybridized carbons (Fsp3) is 0.241. The summed E-state index contributed by atoms with van der Waals surface area (Å²) < 4.78 is 14.2. The van der Waals surface area contributed by atoms with E-state index in [4.69, 9.17) is 19.6 Å². The van der Waals surface area contributed by atoms with Gasteiger partial charge in [0.1, 0.15) is 23.6 Å². The zero-order chi connectivity index (χ0) is 24.8. The van der Waals surface area contributed by atoms with Gasteiger partial charge in [0.2, 0.25) is 11.1 Å². The Balaban J connectivity index is 1.58. The van der Waals surface area contributed by atoms with Crippen molar-refractivity contribution in [1.29, 1.82) is 0 Å². The van der Waals surface area contributed by atoms with Crippen LogP contribution in [0.25, 0.3) is 5.70 Å². The molecule has 0 saturated carbocycles. The van der Waals surface area contributed by atoms with Crippen molar-refractivity contribution in [3.8, 4) is 11.5 Å². The lowest BCUT2D eigenvalue weighted by Crippen LogP contribution is -2.32. The highest BCUT2D eigenvalue weighted by molar-refractivity contribution is 7.98. The number of aromatic nitrogens is 3. The van der Waals surface area contributed by atoms with Crippen LogP contribution in [0.15, 0.2) is 83.5 Å². The van der Waals surface area contributed by atoms with E-state index in [0.29, 0.717) is 5.92 Å². The zero-order valence-corrected chi connectivity index (χ0v) is 21.5. The Bertz CT molecular complexity index is 1440. The van der Waals surface area contributed by atoms with Crippen LogP contribution in [0.3, 0.4) is 0 Å². The van der Waals surface area contributed by atoms with Gasteiger partial charge in [0.25, 0.3) is 0 Å². The highest BCUT2D eigenvalue weighted by atomic mass is 32.2. The van der Waals surface area contributed by atoms with Gasteiger partial charge in [-0.2, -0.15) is 4.98 Å². The number of benzene rings is 3. The number of methoxy groups -OCH3 is 1. The molecule has 3 heterocycles. The molecule has 0 aliphatic carbocycles. The maximum Gasteiger partial charge on any atom is 0.227 e. The summed E-state index contributed by atoms with van der Waals surface area (Å²) in [6, 6.07) is 25.0. The summed E-state index contributed by atoms with van der Waals surface area (Å²) in [5.41, 5.74) is 6.68. The van der Waals surface area contributed by atoms with Crippen LogP contribution in [0.1, 0.15) is 54.2 Å². The quantitative estimate of drug-likeness (QED) is 0.311. The Morgan fingerprint density at radius 3 is 2.39 bits per heavy atom. The van der Waals surface area contributed by atoms with Crippen LogP contribution in [0.2, 0.25) is 0 Å². The smallest absolute Gasteiger partial charge is 0.227 e. The molecule has 182 valence electrons. The maximum atomic E-state index is 6.74. The summed E-state index contributed by atoms with van der Waals surface area (Å²) >= 11 is 1.53. The van der Waals surface area contributed by atoms with E-state index in [1.807, 2.05) is 41.3 Å². The average molecular weight is 497 g/mol. The van der Waals surface area contributed by atoms with Crippen LogP contribution in [0.4, 0.5) is 5.95 Å². The summed E-state index contributed by atoms with van der Waals surface area (Å²) in [6.07, 6.45) is 1.71. The molecule has 2 atom stereocenters. The molecule has 0 unspecified atom stereocenters. The van der Waals surface area contributed by atoms with Crippen molar-refractivity contribution in [2.45, 2.75) is 37.1 Å². The number of nitrogens with one attached hydrogen (secondary N) is 1. The van der Waals surface area contributed by atoms with Crippen molar-refractivity contribution >= 4 is 23.4 Å². The van der Waals surface area contributed by atoms with Crippen LogP contribution >= 0.6 is 11.8 Å². The van der Waals surface area contributed by atoms with Crippen molar-refractivity contribution < 1.29 is 9.47 Å². The van der Waals surface area contributed by atoms with Gasteiger partial charge >= 0.3 is 0 Å². The van der Waals surface area contributed by atoms with Crippen molar-refractivity contribution in [3.63, 3.8) is 0 Å². The molecule has 0 saturated heterocycles. The third-order valence-corrected chi connectivity index (χ3v) is 7.42. The van der Waals surface area contributed by atoms with Gasteiger partial charge in [-0.05, 0) is 53.1 Å². The lowest BCUT2D eigenvalue weighted by molar-refractivity contribution is 0.223. The highest BCUT2D eigenvalue weighted by Gasteiger charge is 2.41. The second kappa shape index (κ2) is 9.06. The number of thioether (sulfide) groups is 1. The monoisotopic (exact) mass is 496 g/mol. The number of rotatable bonds is 5. The largest absolute Gasteiger partial charge is 0.497 e. The topological polar surface area (TPSA) is 61.2 Å². The number of fused-ring (bicyclic) bond motifs is 3. The van der Waals surface area contributed by atoms with Crippen molar-refractivity contribution in [2.24, 2.45) is 0 Å². The molecule has 0 bridgehead atoms. The second-order valence-corrected chi connectivity index (χ2v) is 10.1. The first-order valence-corrected chi connectivity index (χ1v) is 13.3. The number of hydrogen-bond donors (Lipinski definition) is 1. The number of para-hydroxylation sites is 1. The molecular formula is C29H28N4O2S. The number of nitrogens with zero attached hydrogens (tertiary/aromatic N) is 3. The molecule has 1 aromatic heterocycles. The van der Waals surface area contributed by atoms with E-state index >= 15 is 0 Å². The van der Waals surface area contributed by atoms with Gasteiger partial charge in [-0.1, -0.05) is 74.1 Å². The van der Waals surface area contributed by atoms with Crippen molar-refractivity contribution in [1.82, 2.24) is 14.8 Å². The van der Waals surface area contributed by atoms with E-state index in [1.54, 1.807) is 7.11 Å². The molecule has 2 aliphatic rings. The van der Waals surface area contributed by atoms with E-state index in [9.17, 15) is 0 Å². The molecule has 6 rings (SSSR count). The minimum Gasteiger partial charge on any atom is -0.497 e. The Hall–Kier alpha value is -3.71. The van der Waals surface area contributed by atoms with Crippen LogP contribution in [-0.4, -0.2) is 28.1 Å². The third kappa shape index (κ3) is 3.75. The summed E-state index contributed by atoms with van der Waals surface area (Å²) in [5, 5.41) is 9.20. The lowest BCUT2D eigenvalue weighted by Gasteiger charge is -2.39. The SMILES string of the molecule is COc1ccc([C@H]2C3=C(Nc4nc(SC)nn42)c2ccccc2O[C@H]3c2ccc(C(C)C)cc2)cc1. The zero-order valence-electron chi connectivity index (χ0n) is 20.7. The van der Waals surface area contributed by atoms with E-state index < -0.39 is 0 Å². The molecule has 4 aromatic rings. The van der Waals surface area contributed by atoms with Gasteiger partial charge in [0, 0.05) is 11.1 Å². The fourth-order valence-corrected chi connectivity index (χ4v) is 5.33. The molecule has 36 heavy (non-hydrogen) atoms. The Labute approximate surface area is 215 Å². The minimum atomic E-state index is -0.286. The van der Waals surface area contributed by atoms with Gasteiger partial charge in [0.05, 0.1) is 12.8 Å². The van der Waals surface area contributed by atoms with E-state index in [2.05, 4.69) is 61.6 Å². The molecule has 2 aliphatic heterocycles.